The Morgan fingerprint density at radius 2 is 2.24 bits per heavy atom. The van der Waals surface area contributed by atoms with E-state index in [1.165, 1.54) is 6.92 Å². The number of pyridine rings is 1. The van der Waals surface area contributed by atoms with Gasteiger partial charge < -0.3 is 9.72 Å². The van der Waals surface area contributed by atoms with Crippen LogP contribution < -0.4 is 5.56 Å². The molecule has 4 nitrogen and oxygen atoms in total. The predicted octanol–water partition coefficient (Wildman–Crippen LogP) is 2.23. The molecule has 0 aromatic carbocycles. The molecule has 1 rings (SSSR count). The van der Waals surface area contributed by atoms with E-state index in [-0.39, 0.29) is 18.1 Å². The topological polar surface area (TPSA) is 59.2 Å². The van der Waals surface area contributed by atoms with E-state index in [0.29, 0.717) is 0 Å². The molecule has 0 amide bonds. The van der Waals surface area contributed by atoms with Gasteiger partial charge in [-0.2, -0.15) is 0 Å². The van der Waals surface area contributed by atoms with Gasteiger partial charge in [0, 0.05) is 11.1 Å². The van der Waals surface area contributed by atoms with Gasteiger partial charge in [0.2, 0.25) is 0 Å². The van der Waals surface area contributed by atoms with Gasteiger partial charge in [0.25, 0.3) is 12.0 Å². The number of carbonyl (C=O) groups excluding carboxylic acids is 1. The van der Waals surface area contributed by atoms with Gasteiger partial charge in [0.15, 0.2) is 0 Å². The summed E-state index contributed by atoms with van der Waals surface area (Å²) in [5.41, 5.74) is -1.80. The molecular formula is C10H10ClF2NO3. The van der Waals surface area contributed by atoms with Crippen molar-refractivity contribution in [2.24, 2.45) is 0 Å². The zero-order chi connectivity index (χ0) is 13.0. The molecular weight excluding hydrogens is 256 g/mol. The van der Waals surface area contributed by atoms with Crippen molar-refractivity contribution in [1.82, 2.24) is 4.98 Å². The second-order valence-electron chi connectivity index (χ2n) is 3.11. The summed E-state index contributed by atoms with van der Waals surface area (Å²) in [6.45, 7) is 1.56. The van der Waals surface area contributed by atoms with Crippen molar-refractivity contribution in [2.75, 3.05) is 6.61 Å². The Bertz CT molecular complexity index is 473. The number of carbonyl (C=O) groups is 1. The standard InChI is InChI=1S/C10H10ClF2NO3/c1-2-17-10(16)7-6(8(12)13)3-5(4-11)9(15)14-7/h3,8H,2,4H2,1H3,(H,14,15). The van der Waals surface area contributed by atoms with Crippen LogP contribution in [0.4, 0.5) is 8.78 Å². The zero-order valence-corrected chi connectivity index (χ0v) is 9.68. The van der Waals surface area contributed by atoms with Gasteiger partial charge >= 0.3 is 5.97 Å². The highest BCUT2D eigenvalue weighted by Crippen LogP contribution is 2.22. The maximum absolute atomic E-state index is 12.7. The Labute approximate surface area is 101 Å². The fourth-order valence-corrected chi connectivity index (χ4v) is 1.43. The number of aromatic amines is 1. The number of rotatable bonds is 4. The van der Waals surface area contributed by atoms with Crippen molar-refractivity contribution in [3.8, 4) is 0 Å². The molecule has 0 atom stereocenters. The summed E-state index contributed by atoms with van der Waals surface area (Å²) in [6.07, 6.45) is -2.90. The van der Waals surface area contributed by atoms with Crippen LogP contribution in [0.2, 0.25) is 0 Å². The van der Waals surface area contributed by atoms with Gasteiger partial charge in [-0.3, -0.25) is 4.79 Å². The molecule has 1 N–H and O–H groups in total. The lowest BCUT2D eigenvalue weighted by Gasteiger charge is -2.08. The van der Waals surface area contributed by atoms with Crippen molar-refractivity contribution in [2.45, 2.75) is 19.2 Å². The normalized spacial score (nSPS) is 10.6. The number of alkyl halides is 3. The average molecular weight is 266 g/mol. The van der Waals surface area contributed by atoms with Crippen LogP contribution in [-0.2, 0) is 10.6 Å². The van der Waals surface area contributed by atoms with E-state index in [1.807, 2.05) is 0 Å². The molecule has 94 valence electrons. The smallest absolute Gasteiger partial charge is 0.355 e. The number of H-pyrrole nitrogens is 1. The fraction of sp³-hybridized carbons (Fsp3) is 0.400. The molecule has 0 spiro atoms. The Morgan fingerprint density at radius 1 is 1.59 bits per heavy atom. The van der Waals surface area contributed by atoms with Crippen molar-refractivity contribution >= 4 is 17.6 Å². The Hall–Kier alpha value is -1.43. The summed E-state index contributed by atoms with van der Waals surface area (Å²) in [6, 6.07) is 0.919. The zero-order valence-electron chi connectivity index (χ0n) is 8.93. The van der Waals surface area contributed by atoms with Crippen molar-refractivity contribution in [3.05, 3.63) is 33.2 Å². The van der Waals surface area contributed by atoms with Crippen LogP contribution in [0.3, 0.4) is 0 Å². The molecule has 7 heteroatoms. The lowest BCUT2D eigenvalue weighted by Crippen LogP contribution is -2.20. The summed E-state index contributed by atoms with van der Waals surface area (Å²) >= 11 is 5.42. The van der Waals surface area contributed by atoms with Gasteiger partial charge in [-0.1, -0.05) is 0 Å². The highest BCUT2D eigenvalue weighted by molar-refractivity contribution is 6.17. The minimum atomic E-state index is -2.90. The van der Waals surface area contributed by atoms with Crippen LogP contribution in [0.5, 0.6) is 0 Å². The van der Waals surface area contributed by atoms with Gasteiger partial charge in [-0.05, 0) is 13.0 Å². The Balaban J connectivity index is 3.33. The highest BCUT2D eigenvalue weighted by atomic mass is 35.5. The van der Waals surface area contributed by atoms with Crippen molar-refractivity contribution in [1.29, 1.82) is 0 Å². The average Bonchev–Trinajstić information content (AvgIpc) is 2.28. The summed E-state index contributed by atoms with van der Waals surface area (Å²) in [4.78, 5) is 24.8. The molecule has 0 unspecified atom stereocenters. The third-order valence-corrected chi connectivity index (χ3v) is 2.30. The molecule has 0 aliphatic rings. The molecule has 0 bridgehead atoms. The lowest BCUT2D eigenvalue weighted by molar-refractivity contribution is 0.0507. The molecule has 0 radical (unpaired) electrons. The van der Waals surface area contributed by atoms with E-state index < -0.39 is 29.2 Å². The van der Waals surface area contributed by atoms with Crippen LogP contribution in [0, 0.1) is 0 Å². The molecule has 1 aromatic heterocycles. The van der Waals surface area contributed by atoms with E-state index in [2.05, 4.69) is 9.72 Å². The lowest BCUT2D eigenvalue weighted by atomic mass is 10.1. The molecule has 0 aliphatic heterocycles. The molecule has 0 saturated carbocycles. The third-order valence-electron chi connectivity index (χ3n) is 2.01. The third kappa shape index (κ3) is 3.03. The van der Waals surface area contributed by atoms with Crippen LogP contribution in [0.1, 0.15) is 35.0 Å². The number of aromatic nitrogens is 1. The van der Waals surface area contributed by atoms with Crippen LogP contribution in [0.15, 0.2) is 10.9 Å². The summed E-state index contributed by atoms with van der Waals surface area (Å²) in [5, 5.41) is 0. The Kier molecular flexibility index (Phi) is 4.62. The second kappa shape index (κ2) is 5.77. The largest absolute Gasteiger partial charge is 0.461 e. The maximum atomic E-state index is 12.7. The first-order valence-corrected chi connectivity index (χ1v) is 5.32. The molecule has 1 aromatic rings. The minimum Gasteiger partial charge on any atom is -0.461 e. The van der Waals surface area contributed by atoms with Crippen LogP contribution in [0.25, 0.3) is 0 Å². The van der Waals surface area contributed by atoms with Gasteiger partial charge in [-0.15, -0.1) is 11.6 Å². The van der Waals surface area contributed by atoms with E-state index in [4.69, 9.17) is 11.6 Å². The van der Waals surface area contributed by atoms with Gasteiger partial charge in [-0.25, -0.2) is 13.6 Å². The van der Waals surface area contributed by atoms with Gasteiger partial charge in [0.05, 0.1) is 12.5 Å². The molecule has 17 heavy (non-hydrogen) atoms. The number of ether oxygens (including phenoxy) is 1. The first-order chi connectivity index (χ1) is 8.01. The van der Waals surface area contributed by atoms with Crippen LogP contribution >= 0.6 is 11.6 Å². The predicted molar refractivity (Wildman–Crippen MR) is 57.5 cm³/mol. The molecule has 0 saturated heterocycles. The number of halogens is 3. The van der Waals surface area contributed by atoms with Gasteiger partial charge in [0.1, 0.15) is 5.69 Å². The Morgan fingerprint density at radius 3 is 2.71 bits per heavy atom. The molecule has 0 aliphatic carbocycles. The minimum absolute atomic E-state index is 0.0185. The molecule has 0 fully saturated rings. The monoisotopic (exact) mass is 265 g/mol. The summed E-state index contributed by atoms with van der Waals surface area (Å²) in [5.74, 6) is -1.20. The summed E-state index contributed by atoms with van der Waals surface area (Å²) < 4.78 is 30.0. The quantitative estimate of drug-likeness (QED) is 0.671. The van der Waals surface area contributed by atoms with E-state index in [1.54, 1.807) is 0 Å². The van der Waals surface area contributed by atoms with Crippen LogP contribution in [-0.4, -0.2) is 17.6 Å². The first-order valence-electron chi connectivity index (χ1n) is 4.78. The van der Waals surface area contributed by atoms with E-state index in [0.717, 1.165) is 6.07 Å². The number of nitrogens with one attached hydrogen (secondary N) is 1. The number of hydrogen-bond donors (Lipinski definition) is 1. The number of esters is 1. The molecule has 1 heterocycles. The van der Waals surface area contributed by atoms with E-state index in [9.17, 15) is 18.4 Å². The first kappa shape index (κ1) is 13.6. The number of hydrogen-bond acceptors (Lipinski definition) is 3. The fourth-order valence-electron chi connectivity index (χ4n) is 1.23. The van der Waals surface area contributed by atoms with E-state index >= 15 is 0 Å². The highest BCUT2D eigenvalue weighted by Gasteiger charge is 2.22. The van der Waals surface area contributed by atoms with Crippen molar-refractivity contribution < 1.29 is 18.3 Å². The maximum Gasteiger partial charge on any atom is 0.355 e. The summed E-state index contributed by atoms with van der Waals surface area (Å²) in [7, 11) is 0. The SMILES string of the molecule is CCOC(=O)c1[nH]c(=O)c(CCl)cc1C(F)F. The second-order valence-corrected chi connectivity index (χ2v) is 3.38. The van der Waals surface area contributed by atoms with Crippen molar-refractivity contribution in [3.63, 3.8) is 0 Å².